The third-order valence-electron chi connectivity index (χ3n) is 5.09. The van der Waals surface area contributed by atoms with Crippen molar-refractivity contribution in [2.24, 2.45) is 0 Å². The van der Waals surface area contributed by atoms with Crippen LogP contribution in [-0.2, 0) is 17.9 Å². The fraction of sp³-hybridized carbons (Fsp3) is 0.154. The molecule has 0 aliphatic carbocycles. The van der Waals surface area contributed by atoms with Crippen LogP contribution in [0.1, 0.15) is 23.6 Å². The molecule has 0 spiro atoms. The van der Waals surface area contributed by atoms with Gasteiger partial charge in [-0.1, -0.05) is 47.5 Å². The maximum Gasteiger partial charge on any atom is 0.293 e. The number of amides is 2. The van der Waals surface area contributed by atoms with Gasteiger partial charge in [-0.05, 0) is 77.9 Å². The van der Waals surface area contributed by atoms with Gasteiger partial charge in [0.1, 0.15) is 12.4 Å². The van der Waals surface area contributed by atoms with E-state index in [9.17, 15) is 14.0 Å². The smallest absolute Gasteiger partial charge is 0.293 e. The number of thioether (sulfide) groups is 1. The Bertz CT molecular complexity index is 1300. The Morgan fingerprint density at radius 3 is 2.46 bits per heavy atom. The molecule has 2 amide bonds. The molecule has 35 heavy (non-hydrogen) atoms. The molecule has 180 valence electrons. The van der Waals surface area contributed by atoms with Crippen LogP contribution in [0.5, 0.6) is 11.5 Å². The van der Waals surface area contributed by atoms with Gasteiger partial charge in [0.15, 0.2) is 11.5 Å². The highest BCUT2D eigenvalue weighted by Gasteiger charge is 2.35. The summed E-state index contributed by atoms with van der Waals surface area (Å²) < 4.78 is 25.0. The normalized spacial score (nSPS) is 14.6. The average Bonchev–Trinajstić information content (AvgIpc) is 3.08. The van der Waals surface area contributed by atoms with Crippen LogP contribution in [0.2, 0.25) is 10.0 Å². The summed E-state index contributed by atoms with van der Waals surface area (Å²) in [7, 11) is 0. The van der Waals surface area contributed by atoms with Gasteiger partial charge in [0, 0.05) is 10.0 Å². The third-order valence-corrected chi connectivity index (χ3v) is 6.60. The summed E-state index contributed by atoms with van der Waals surface area (Å²) >= 11 is 12.8. The Labute approximate surface area is 216 Å². The molecule has 1 heterocycles. The maximum absolute atomic E-state index is 13.3. The molecule has 0 N–H and O–H groups in total. The van der Waals surface area contributed by atoms with E-state index >= 15 is 0 Å². The van der Waals surface area contributed by atoms with Crippen LogP contribution in [-0.4, -0.2) is 22.7 Å². The standard InChI is InChI=1S/C26H20Cl2FNO4S/c1-2-33-23-11-17(5-10-22(23)34-15-16-3-7-19(27)8-4-16)12-24-25(31)30(26(32)35-24)14-18-6-9-20(29)13-21(18)28/h3-13H,2,14-15H2,1H3/b24-12-. The zero-order chi connectivity index (χ0) is 24.9. The zero-order valence-electron chi connectivity index (χ0n) is 18.6. The van der Waals surface area contributed by atoms with Crippen molar-refractivity contribution in [3.63, 3.8) is 0 Å². The average molecular weight is 532 g/mol. The number of imide groups is 1. The van der Waals surface area contributed by atoms with Crippen LogP contribution in [0.3, 0.4) is 0 Å². The van der Waals surface area contributed by atoms with Crippen LogP contribution in [0.25, 0.3) is 6.08 Å². The largest absolute Gasteiger partial charge is 0.490 e. The number of rotatable bonds is 8. The molecule has 3 aromatic carbocycles. The molecule has 0 aromatic heterocycles. The van der Waals surface area contributed by atoms with Crippen molar-refractivity contribution < 1.29 is 23.5 Å². The minimum Gasteiger partial charge on any atom is -0.490 e. The molecule has 5 nitrogen and oxygen atoms in total. The molecule has 3 aromatic rings. The second kappa shape index (κ2) is 11.2. The van der Waals surface area contributed by atoms with Crippen LogP contribution in [0, 0.1) is 5.82 Å². The lowest BCUT2D eigenvalue weighted by molar-refractivity contribution is -0.123. The summed E-state index contributed by atoms with van der Waals surface area (Å²) in [4.78, 5) is 26.7. The first-order valence-electron chi connectivity index (χ1n) is 10.7. The highest BCUT2D eigenvalue weighted by Crippen LogP contribution is 2.36. The van der Waals surface area contributed by atoms with Gasteiger partial charge < -0.3 is 9.47 Å². The van der Waals surface area contributed by atoms with Crippen molar-refractivity contribution in [2.45, 2.75) is 20.1 Å². The number of ether oxygens (including phenoxy) is 2. The van der Waals surface area contributed by atoms with Crippen molar-refractivity contribution in [3.05, 3.63) is 98.1 Å². The Hall–Kier alpha value is -3.00. The minimum absolute atomic E-state index is 0.0389. The molecule has 1 saturated heterocycles. The number of hydrogen-bond donors (Lipinski definition) is 0. The van der Waals surface area contributed by atoms with E-state index in [2.05, 4.69) is 0 Å². The van der Waals surface area contributed by atoms with Crippen LogP contribution in [0.15, 0.2) is 65.6 Å². The predicted octanol–water partition coefficient (Wildman–Crippen LogP) is 7.35. The molecule has 4 rings (SSSR count). The number of hydrogen-bond acceptors (Lipinski definition) is 5. The van der Waals surface area contributed by atoms with Gasteiger partial charge in [0.25, 0.3) is 11.1 Å². The first kappa shape index (κ1) is 25.1. The summed E-state index contributed by atoms with van der Waals surface area (Å²) in [5.41, 5.74) is 2.12. The van der Waals surface area contributed by atoms with Crippen LogP contribution < -0.4 is 9.47 Å². The molecule has 0 atom stereocenters. The second-order valence-corrected chi connectivity index (χ2v) is 9.39. The highest BCUT2D eigenvalue weighted by molar-refractivity contribution is 8.18. The van der Waals surface area contributed by atoms with Gasteiger partial charge in [0.2, 0.25) is 0 Å². The zero-order valence-corrected chi connectivity index (χ0v) is 20.9. The maximum atomic E-state index is 13.3. The number of carbonyl (C=O) groups is 2. The fourth-order valence-electron chi connectivity index (χ4n) is 3.35. The van der Waals surface area contributed by atoms with E-state index in [0.29, 0.717) is 40.9 Å². The SMILES string of the molecule is CCOc1cc(/C=C2\SC(=O)N(Cc3ccc(F)cc3Cl)C2=O)ccc1OCc1ccc(Cl)cc1. The van der Waals surface area contributed by atoms with Crippen LogP contribution in [0.4, 0.5) is 9.18 Å². The topological polar surface area (TPSA) is 55.8 Å². The van der Waals surface area contributed by atoms with E-state index in [1.807, 2.05) is 19.1 Å². The Morgan fingerprint density at radius 2 is 1.74 bits per heavy atom. The Kier molecular flexibility index (Phi) is 8.00. The molecule has 9 heteroatoms. The molecule has 0 radical (unpaired) electrons. The second-order valence-electron chi connectivity index (χ2n) is 7.56. The lowest BCUT2D eigenvalue weighted by atomic mass is 10.1. The summed E-state index contributed by atoms with van der Waals surface area (Å²) in [6.45, 7) is 2.58. The Morgan fingerprint density at radius 1 is 0.971 bits per heavy atom. The van der Waals surface area contributed by atoms with Gasteiger partial charge in [-0.15, -0.1) is 0 Å². The van der Waals surface area contributed by atoms with Crippen molar-refractivity contribution in [3.8, 4) is 11.5 Å². The van der Waals surface area contributed by atoms with Crippen molar-refractivity contribution in [1.29, 1.82) is 0 Å². The number of nitrogens with zero attached hydrogens (tertiary/aromatic N) is 1. The summed E-state index contributed by atoms with van der Waals surface area (Å²) in [5.74, 6) is 0.144. The van der Waals surface area contributed by atoms with Gasteiger partial charge >= 0.3 is 0 Å². The van der Waals surface area contributed by atoms with E-state index in [-0.39, 0.29) is 16.5 Å². The van der Waals surface area contributed by atoms with E-state index < -0.39 is 17.0 Å². The lowest BCUT2D eigenvalue weighted by Crippen LogP contribution is -2.27. The molecular formula is C26H20Cl2FNO4S. The molecule has 1 aliphatic heterocycles. The van der Waals surface area contributed by atoms with Gasteiger partial charge in [-0.25, -0.2) is 4.39 Å². The number of halogens is 3. The van der Waals surface area contributed by atoms with Crippen molar-refractivity contribution in [1.82, 2.24) is 4.90 Å². The van der Waals surface area contributed by atoms with E-state index in [0.717, 1.165) is 28.3 Å². The summed E-state index contributed by atoms with van der Waals surface area (Å²) in [5, 5.41) is 0.386. The molecule has 0 unspecified atom stereocenters. The van der Waals surface area contributed by atoms with Crippen molar-refractivity contribution in [2.75, 3.05) is 6.61 Å². The summed E-state index contributed by atoms with van der Waals surface area (Å²) in [6, 6.07) is 16.5. The molecule has 1 aliphatic rings. The van der Waals surface area contributed by atoms with Gasteiger partial charge in [-0.2, -0.15) is 0 Å². The van der Waals surface area contributed by atoms with Crippen molar-refractivity contribution >= 4 is 52.2 Å². The quantitative estimate of drug-likeness (QED) is 0.284. The number of benzene rings is 3. The van der Waals surface area contributed by atoms with Gasteiger partial charge in [0.05, 0.1) is 18.1 Å². The lowest BCUT2D eigenvalue weighted by Gasteiger charge is -2.14. The van der Waals surface area contributed by atoms with Crippen LogP contribution >= 0.6 is 35.0 Å². The fourth-order valence-corrected chi connectivity index (χ4v) is 4.54. The molecule has 0 saturated carbocycles. The van der Waals surface area contributed by atoms with E-state index in [1.54, 1.807) is 36.4 Å². The first-order valence-corrected chi connectivity index (χ1v) is 12.2. The molecule has 0 bridgehead atoms. The van der Waals surface area contributed by atoms with Gasteiger partial charge in [-0.3, -0.25) is 14.5 Å². The number of carbonyl (C=O) groups excluding carboxylic acids is 2. The predicted molar refractivity (Wildman–Crippen MR) is 136 cm³/mol. The molecule has 1 fully saturated rings. The van der Waals surface area contributed by atoms with E-state index in [1.165, 1.54) is 12.1 Å². The first-order chi connectivity index (χ1) is 16.8. The monoisotopic (exact) mass is 531 g/mol. The van der Waals surface area contributed by atoms with E-state index in [4.69, 9.17) is 32.7 Å². The third kappa shape index (κ3) is 6.17. The highest BCUT2D eigenvalue weighted by atomic mass is 35.5. The Balaban J connectivity index is 1.50. The minimum atomic E-state index is -0.488. The summed E-state index contributed by atoms with van der Waals surface area (Å²) in [6.07, 6.45) is 1.63. The molecular weight excluding hydrogens is 512 g/mol.